The van der Waals surface area contributed by atoms with E-state index in [4.69, 9.17) is 0 Å². The molecule has 0 N–H and O–H groups in total. The van der Waals surface area contributed by atoms with Crippen LogP contribution < -0.4 is 0 Å². The minimum absolute atomic E-state index is 0.553. The maximum Gasteiger partial charge on any atom is 0.153 e. The van der Waals surface area contributed by atoms with Crippen LogP contribution in [0, 0.1) is 0 Å². The molecule has 4 heteroatoms. The van der Waals surface area contributed by atoms with Gasteiger partial charge < -0.3 is 0 Å². The van der Waals surface area contributed by atoms with Gasteiger partial charge in [0.2, 0.25) is 0 Å². The highest BCUT2D eigenvalue weighted by atomic mass is 16.1. The second-order valence-corrected chi connectivity index (χ2v) is 4.05. The van der Waals surface area contributed by atoms with Crippen LogP contribution in [-0.4, -0.2) is 21.1 Å². The van der Waals surface area contributed by atoms with Crippen molar-refractivity contribution in [3.8, 4) is 17.1 Å². The van der Waals surface area contributed by atoms with E-state index in [0.717, 1.165) is 11.8 Å². The van der Waals surface area contributed by atoms with E-state index in [0.29, 0.717) is 17.1 Å². The molecule has 19 heavy (non-hydrogen) atoms. The van der Waals surface area contributed by atoms with E-state index in [1.54, 1.807) is 17.1 Å². The Bertz CT molecular complexity index is 690. The number of aldehydes is 1. The number of carbonyl (C=O) groups is 1. The van der Waals surface area contributed by atoms with Gasteiger partial charge in [0.1, 0.15) is 5.69 Å². The summed E-state index contributed by atoms with van der Waals surface area (Å²) in [6.45, 7) is 0. The van der Waals surface area contributed by atoms with Crippen molar-refractivity contribution in [1.29, 1.82) is 0 Å². The summed E-state index contributed by atoms with van der Waals surface area (Å²) in [4.78, 5) is 15.4. The van der Waals surface area contributed by atoms with Crippen LogP contribution in [0.1, 0.15) is 10.4 Å². The number of nitrogens with zero attached hydrogens (tertiary/aromatic N) is 3. The van der Waals surface area contributed by atoms with Crippen LogP contribution in [0.25, 0.3) is 17.1 Å². The zero-order valence-corrected chi connectivity index (χ0v) is 10.1. The van der Waals surface area contributed by atoms with Crippen molar-refractivity contribution in [2.45, 2.75) is 0 Å². The third kappa shape index (κ3) is 2.15. The molecule has 3 rings (SSSR count). The van der Waals surface area contributed by atoms with Gasteiger partial charge in [-0.1, -0.05) is 36.4 Å². The molecule has 92 valence electrons. The lowest BCUT2D eigenvalue weighted by Crippen LogP contribution is -1.97. The van der Waals surface area contributed by atoms with Crippen LogP contribution >= 0.6 is 0 Å². The number of aromatic nitrogens is 3. The Hall–Kier alpha value is -2.75. The molecule has 2 heterocycles. The molecular weight excluding hydrogens is 238 g/mol. The molecule has 0 saturated heterocycles. The van der Waals surface area contributed by atoms with Crippen molar-refractivity contribution in [3.05, 3.63) is 66.5 Å². The average molecular weight is 249 g/mol. The monoisotopic (exact) mass is 249 g/mol. The van der Waals surface area contributed by atoms with Gasteiger partial charge in [-0.25, -0.2) is 9.67 Å². The maximum atomic E-state index is 11.2. The highest BCUT2D eigenvalue weighted by Crippen LogP contribution is 2.21. The zero-order valence-electron chi connectivity index (χ0n) is 10.1. The largest absolute Gasteiger partial charge is 0.298 e. The molecule has 0 aliphatic carbocycles. The molecule has 0 atom stereocenters. The van der Waals surface area contributed by atoms with Crippen molar-refractivity contribution in [2.24, 2.45) is 0 Å². The summed E-state index contributed by atoms with van der Waals surface area (Å²) in [5.74, 6) is 0.688. The van der Waals surface area contributed by atoms with Crippen LogP contribution in [0.15, 0.2) is 60.9 Å². The third-order valence-corrected chi connectivity index (χ3v) is 2.80. The Kier molecular flexibility index (Phi) is 2.90. The maximum absolute atomic E-state index is 11.2. The van der Waals surface area contributed by atoms with Gasteiger partial charge in [0.15, 0.2) is 12.1 Å². The molecule has 1 aromatic carbocycles. The third-order valence-electron chi connectivity index (χ3n) is 2.80. The minimum Gasteiger partial charge on any atom is -0.298 e. The fourth-order valence-corrected chi connectivity index (χ4v) is 1.90. The molecular formula is C15H11N3O. The molecule has 0 aliphatic heterocycles. The van der Waals surface area contributed by atoms with Crippen LogP contribution in [0.3, 0.4) is 0 Å². The molecule has 0 saturated carbocycles. The first-order valence-electron chi connectivity index (χ1n) is 5.90. The van der Waals surface area contributed by atoms with Gasteiger partial charge in [-0.2, -0.15) is 5.10 Å². The summed E-state index contributed by atoms with van der Waals surface area (Å²) in [6.07, 6.45) is 4.20. The summed E-state index contributed by atoms with van der Waals surface area (Å²) in [5, 5.41) is 4.44. The van der Waals surface area contributed by atoms with Gasteiger partial charge in [-0.3, -0.25) is 4.79 Å². The zero-order chi connectivity index (χ0) is 13.1. The lowest BCUT2D eigenvalue weighted by molar-refractivity contribution is 0.112. The normalized spacial score (nSPS) is 10.3. The molecule has 4 nitrogen and oxygen atoms in total. The van der Waals surface area contributed by atoms with E-state index < -0.39 is 0 Å². The lowest BCUT2D eigenvalue weighted by Gasteiger charge is -1.99. The Morgan fingerprint density at radius 3 is 2.47 bits per heavy atom. The first-order chi connectivity index (χ1) is 9.38. The number of rotatable bonds is 3. The molecule has 2 aromatic heterocycles. The Labute approximate surface area is 110 Å². The number of hydrogen-bond acceptors (Lipinski definition) is 3. The molecule has 0 spiro atoms. The average Bonchev–Trinajstić information content (AvgIpc) is 2.93. The smallest absolute Gasteiger partial charge is 0.153 e. The first-order valence-corrected chi connectivity index (χ1v) is 5.90. The Morgan fingerprint density at radius 1 is 1.00 bits per heavy atom. The molecule has 0 aliphatic rings. The molecule has 0 bridgehead atoms. The van der Waals surface area contributed by atoms with Crippen LogP contribution in [0.5, 0.6) is 0 Å². The standard InChI is InChI=1S/C15H11N3O/c19-11-13-10-18(14-8-4-5-9-16-14)17-15(13)12-6-2-1-3-7-12/h1-11H. The van der Waals surface area contributed by atoms with Crippen molar-refractivity contribution in [1.82, 2.24) is 14.8 Å². The molecule has 0 radical (unpaired) electrons. The number of pyridine rings is 1. The highest BCUT2D eigenvalue weighted by Gasteiger charge is 2.11. The molecule has 0 unspecified atom stereocenters. The van der Waals surface area contributed by atoms with Crippen molar-refractivity contribution >= 4 is 6.29 Å². The van der Waals surface area contributed by atoms with Crippen molar-refractivity contribution in [3.63, 3.8) is 0 Å². The van der Waals surface area contributed by atoms with E-state index in [1.165, 1.54) is 0 Å². The van der Waals surface area contributed by atoms with E-state index in [1.807, 2.05) is 48.5 Å². The summed E-state index contributed by atoms with van der Waals surface area (Å²) >= 11 is 0. The predicted molar refractivity (Wildman–Crippen MR) is 72.2 cm³/mol. The topological polar surface area (TPSA) is 47.8 Å². The summed E-state index contributed by atoms with van der Waals surface area (Å²) in [7, 11) is 0. The van der Waals surface area contributed by atoms with Gasteiger partial charge in [0.05, 0.1) is 5.56 Å². The van der Waals surface area contributed by atoms with Gasteiger partial charge in [-0.15, -0.1) is 0 Å². The van der Waals surface area contributed by atoms with Crippen LogP contribution in [0.4, 0.5) is 0 Å². The fraction of sp³-hybridized carbons (Fsp3) is 0. The van der Waals surface area contributed by atoms with E-state index in [9.17, 15) is 4.79 Å². The summed E-state index contributed by atoms with van der Waals surface area (Å²) in [6, 6.07) is 15.2. The van der Waals surface area contributed by atoms with Gasteiger partial charge in [0, 0.05) is 18.0 Å². The lowest BCUT2D eigenvalue weighted by atomic mass is 10.1. The summed E-state index contributed by atoms with van der Waals surface area (Å²) in [5.41, 5.74) is 2.14. The Morgan fingerprint density at radius 2 is 1.79 bits per heavy atom. The number of carbonyl (C=O) groups excluding carboxylic acids is 1. The first kappa shape index (κ1) is 11.3. The van der Waals surface area contributed by atoms with Crippen molar-refractivity contribution in [2.75, 3.05) is 0 Å². The number of benzene rings is 1. The molecule has 3 aromatic rings. The van der Waals surface area contributed by atoms with Crippen LogP contribution in [-0.2, 0) is 0 Å². The predicted octanol–water partition coefficient (Wildman–Crippen LogP) is 2.75. The number of hydrogen-bond donors (Lipinski definition) is 0. The molecule has 0 fully saturated rings. The van der Waals surface area contributed by atoms with Gasteiger partial charge in [-0.05, 0) is 12.1 Å². The van der Waals surface area contributed by atoms with E-state index in [2.05, 4.69) is 10.1 Å². The van der Waals surface area contributed by atoms with Gasteiger partial charge >= 0.3 is 0 Å². The Balaban J connectivity index is 2.12. The fourth-order valence-electron chi connectivity index (χ4n) is 1.90. The van der Waals surface area contributed by atoms with E-state index >= 15 is 0 Å². The molecule has 0 amide bonds. The minimum atomic E-state index is 0.553. The van der Waals surface area contributed by atoms with Crippen molar-refractivity contribution < 1.29 is 4.79 Å². The van der Waals surface area contributed by atoms with E-state index in [-0.39, 0.29) is 0 Å². The van der Waals surface area contributed by atoms with Crippen LogP contribution in [0.2, 0.25) is 0 Å². The summed E-state index contributed by atoms with van der Waals surface area (Å²) < 4.78 is 1.62. The van der Waals surface area contributed by atoms with Gasteiger partial charge in [0.25, 0.3) is 0 Å². The SMILES string of the molecule is O=Cc1cn(-c2ccccn2)nc1-c1ccccc1. The highest BCUT2D eigenvalue weighted by molar-refractivity contribution is 5.85. The second kappa shape index (κ2) is 4.86. The quantitative estimate of drug-likeness (QED) is 0.670. The second-order valence-electron chi connectivity index (χ2n) is 4.05.